The number of nitrogens with zero attached hydrogens (tertiary/aromatic N) is 6. The third-order valence-corrected chi connectivity index (χ3v) is 5.03. The van der Waals surface area contributed by atoms with E-state index in [2.05, 4.69) is 35.1 Å². The van der Waals surface area contributed by atoms with Crippen LogP contribution in [0.4, 0.5) is 4.39 Å². The molecule has 8 nitrogen and oxygen atoms in total. The van der Waals surface area contributed by atoms with E-state index in [1.165, 1.54) is 6.07 Å². The number of rotatable bonds is 3. The maximum absolute atomic E-state index is 14.4. The van der Waals surface area contributed by atoms with Gasteiger partial charge in [0.2, 0.25) is 0 Å². The largest absolute Gasteiger partial charge is 0.336 e. The Morgan fingerprint density at radius 1 is 0.871 bits per heavy atom. The number of H-pyrrole nitrogens is 2. The monoisotopic (exact) mass is 408 g/mol. The molecule has 0 atom stereocenters. The molecule has 0 spiro atoms. The van der Waals surface area contributed by atoms with Gasteiger partial charge in [-0.25, -0.2) is 14.4 Å². The number of hydrogen-bond acceptors (Lipinski definition) is 6. The van der Waals surface area contributed by atoms with E-state index in [1.807, 2.05) is 6.07 Å². The summed E-state index contributed by atoms with van der Waals surface area (Å²) in [5.74, 6) is 0.181. The van der Waals surface area contributed by atoms with Crippen molar-refractivity contribution in [2.75, 3.05) is 0 Å². The summed E-state index contributed by atoms with van der Waals surface area (Å²) in [6.07, 6.45) is 8.27. The van der Waals surface area contributed by atoms with Gasteiger partial charge >= 0.3 is 0 Å². The van der Waals surface area contributed by atoms with Crippen molar-refractivity contribution in [2.45, 2.75) is 0 Å². The van der Waals surface area contributed by atoms with Gasteiger partial charge in [0.1, 0.15) is 22.7 Å². The van der Waals surface area contributed by atoms with Gasteiger partial charge in [-0.3, -0.25) is 20.1 Å². The topological polar surface area (TPSA) is 109 Å². The maximum Gasteiger partial charge on any atom is 0.159 e. The second-order valence-corrected chi connectivity index (χ2v) is 6.90. The summed E-state index contributed by atoms with van der Waals surface area (Å²) in [6, 6.07) is 10.2. The average Bonchev–Trinajstić information content (AvgIpc) is 3.43. The SMILES string of the molecule is Fc1ccccc1-c1nccc2[nH]c(-c3n[nH]c4ncc(-c5cnccn5)cc34)nc12. The molecule has 9 heteroatoms. The van der Waals surface area contributed by atoms with E-state index in [9.17, 15) is 4.39 Å². The molecule has 0 saturated heterocycles. The molecule has 6 rings (SSSR count). The Balaban J connectivity index is 1.53. The fourth-order valence-corrected chi connectivity index (χ4v) is 3.57. The van der Waals surface area contributed by atoms with E-state index in [0.29, 0.717) is 39.6 Å². The van der Waals surface area contributed by atoms with Crippen molar-refractivity contribution < 1.29 is 4.39 Å². The molecule has 0 aliphatic carbocycles. The number of nitrogens with one attached hydrogen (secondary N) is 2. The summed E-state index contributed by atoms with van der Waals surface area (Å²) in [5, 5.41) is 8.12. The van der Waals surface area contributed by atoms with Crippen molar-refractivity contribution in [3.63, 3.8) is 0 Å². The first kappa shape index (κ1) is 17.3. The van der Waals surface area contributed by atoms with Crippen LogP contribution >= 0.6 is 0 Å². The summed E-state index contributed by atoms with van der Waals surface area (Å²) in [6.45, 7) is 0. The number of fused-ring (bicyclic) bond motifs is 2. The highest BCUT2D eigenvalue weighted by Gasteiger charge is 2.18. The van der Waals surface area contributed by atoms with Crippen molar-refractivity contribution in [1.29, 1.82) is 0 Å². The second-order valence-electron chi connectivity index (χ2n) is 6.90. The maximum atomic E-state index is 14.4. The second kappa shape index (κ2) is 6.77. The number of hydrogen-bond donors (Lipinski definition) is 2. The number of aromatic nitrogens is 8. The first-order valence-corrected chi connectivity index (χ1v) is 9.48. The summed E-state index contributed by atoms with van der Waals surface area (Å²) >= 11 is 0. The Bertz CT molecular complexity index is 1550. The normalized spacial score (nSPS) is 11.4. The van der Waals surface area contributed by atoms with Gasteiger partial charge in [0.05, 0.1) is 22.8 Å². The zero-order chi connectivity index (χ0) is 20.8. The number of benzene rings is 1. The highest BCUT2D eigenvalue weighted by atomic mass is 19.1. The molecule has 5 heterocycles. The number of aromatic amines is 2. The Labute approximate surface area is 174 Å². The van der Waals surface area contributed by atoms with Crippen LogP contribution in [-0.4, -0.2) is 40.1 Å². The number of halogens is 1. The quantitative estimate of drug-likeness (QED) is 0.455. The molecular weight excluding hydrogens is 395 g/mol. The first-order chi connectivity index (χ1) is 15.3. The lowest BCUT2D eigenvalue weighted by Crippen LogP contribution is -1.89. The van der Waals surface area contributed by atoms with Crippen LogP contribution in [0, 0.1) is 5.82 Å². The summed E-state index contributed by atoms with van der Waals surface area (Å²) < 4.78 is 14.4. The average molecular weight is 408 g/mol. The minimum Gasteiger partial charge on any atom is -0.336 e. The van der Waals surface area contributed by atoms with E-state index in [4.69, 9.17) is 4.98 Å². The molecule has 2 N–H and O–H groups in total. The fourth-order valence-electron chi connectivity index (χ4n) is 3.57. The standard InChI is InChI=1S/C22H13FN8/c23-15-4-2-1-3-13(15)18-20-16(5-6-26-18)28-22(29-20)19-14-9-12(10-27-21(14)31-30-19)17-11-24-7-8-25-17/h1-11H,(H,28,29)(H,27,30,31). The fraction of sp³-hybridized carbons (Fsp3) is 0. The van der Waals surface area contributed by atoms with Crippen molar-refractivity contribution >= 4 is 22.1 Å². The molecule has 0 aliphatic heterocycles. The van der Waals surface area contributed by atoms with Crippen LogP contribution in [0.2, 0.25) is 0 Å². The smallest absolute Gasteiger partial charge is 0.159 e. The lowest BCUT2D eigenvalue weighted by atomic mass is 10.1. The predicted octanol–water partition coefficient (Wildman–Crippen LogP) is 4.16. The molecule has 1 aromatic carbocycles. The minimum absolute atomic E-state index is 0.352. The molecule has 148 valence electrons. The molecule has 31 heavy (non-hydrogen) atoms. The van der Waals surface area contributed by atoms with Crippen LogP contribution in [0.25, 0.3) is 56.1 Å². The van der Waals surface area contributed by atoms with Crippen molar-refractivity contribution in [3.8, 4) is 34.0 Å². The zero-order valence-corrected chi connectivity index (χ0v) is 15.9. The highest BCUT2D eigenvalue weighted by Crippen LogP contribution is 2.31. The third-order valence-electron chi connectivity index (χ3n) is 5.03. The third kappa shape index (κ3) is 2.83. The predicted molar refractivity (Wildman–Crippen MR) is 113 cm³/mol. The van der Waals surface area contributed by atoms with Crippen LogP contribution in [0.15, 0.2) is 67.4 Å². The van der Waals surface area contributed by atoms with E-state index in [-0.39, 0.29) is 5.82 Å². The number of imidazole rings is 1. The summed E-state index contributed by atoms with van der Waals surface area (Å²) in [7, 11) is 0. The molecule has 0 aliphatic rings. The van der Waals surface area contributed by atoms with Gasteiger partial charge in [-0.2, -0.15) is 5.10 Å². The Morgan fingerprint density at radius 3 is 2.68 bits per heavy atom. The van der Waals surface area contributed by atoms with Gasteiger partial charge < -0.3 is 4.98 Å². The van der Waals surface area contributed by atoms with Crippen molar-refractivity contribution in [2.24, 2.45) is 0 Å². The van der Waals surface area contributed by atoms with Gasteiger partial charge in [-0.05, 0) is 24.3 Å². The Morgan fingerprint density at radius 2 is 1.81 bits per heavy atom. The summed E-state index contributed by atoms with van der Waals surface area (Å²) in [4.78, 5) is 25.2. The van der Waals surface area contributed by atoms with Crippen LogP contribution < -0.4 is 0 Å². The van der Waals surface area contributed by atoms with Crippen LogP contribution in [-0.2, 0) is 0 Å². The molecule has 6 aromatic rings. The van der Waals surface area contributed by atoms with E-state index in [0.717, 1.165) is 16.5 Å². The molecule has 0 amide bonds. The van der Waals surface area contributed by atoms with Crippen LogP contribution in [0.3, 0.4) is 0 Å². The molecule has 0 unspecified atom stereocenters. The number of pyridine rings is 2. The lowest BCUT2D eigenvalue weighted by Gasteiger charge is -2.02. The molecule has 0 fully saturated rings. The molecule has 0 radical (unpaired) electrons. The lowest BCUT2D eigenvalue weighted by molar-refractivity contribution is 0.631. The van der Waals surface area contributed by atoms with Gasteiger partial charge in [-0.15, -0.1) is 0 Å². The molecular formula is C22H13FN8. The Hall–Kier alpha value is -4.53. The van der Waals surface area contributed by atoms with E-state index in [1.54, 1.807) is 55.2 Å². The van der Waals surface area contributed by atoms with Crippen LogP contribution in [0.1, 0.15) is 0 Å². The van der Waals surface area contributed by atoms with Crippen molar-refractivity contribution in [3.05, 3.63) is 73.2 Å². The van der Waals surface area contributed by atoms with Crippen LogP contribution in [0.5, 0.6) is 0 Å². The highest BCUT2D eigenvalue weighted by molar-refractivity contribution is 5.96. The molecule has 0 bridgehead atoms. The Kier molecular flexibility index (Phi) is 3.79. The van der Waals surface area contributed by atoms with Crippen molar-refractivity contribution in [1.82, 2.24) is 40.1 Å². The minimum atomic E-state index is -0.352. The molecule has 5 aromatic heterocycles. The summed E-state index contributed by atoms with van der Waals surface area (Å²) in [5.41, 5.74) is 4.91. The zero-order valence-electron chi connectivity index (χ0n) is 15.9. The molecule has 0 saturated carbocycles. The van der Waals surface area contributed by atoms with E-state index < -0.39 is 0 Å². The van der Waals surface area contributed by atoms with Gasteiger partial charge in [0, 0.05) is 35.9 Å². The first-order valence-electron chi connectivity index (χ1n) is 9.48. The van der Waals surface area contributed by atoms with Gasteiger partial charge in [-0.1, -0.05) is 12.1 Å². The van der Waals surface area contributed by atoms with E-state index >= 15 is 0 Å². The van der Waals surface area contributed by atoms with Gasteiger partial charge in [0.15, 0.2) is 11.5 Å². The van der Waals surface area contributed by atoms with Gasteiger partial charge in [0.25, 0.3) is 0 Å².